The molecule has 0 saturated heterocycles. The number of allylic oxidation sites excluding steroid dienone is 2. The summed E-state index contributed by atoms with van der Waals surface area (Å²) in [7, 11) is 0. The molecule has 0 aliphatic heterocycles. The highest BCUT2D eigenvalue weighted by molar-refractivity contribution is 5.52. The molecule has 0 unspecified atom stereocenters. The average Bonchev–Trinajstić information content (AvgIpc) is 2.46. The first-order valence-corrected chi connectivity index (χ1v) is 4.49. The minimum Gasteiger partial charge on any atom is -0.0766 e. The predicted molar refractivity (Wildman–Crippen MR) is 39.3 cm³/mol. The third-order valence-electron chi connectivity index (χ3n) is 4.45. The summed E-state index contributed by atoms with van der Waals surface area (Å²) in [6.45, 7) is 4.62. The van der Waals surface area contributed by atoms with E-state index in [0.717, 1.165) is 11.8 Å². The molecular weight excluding hydrogens is 120 g/mol. The molecule has 5 fully saturated rings. The van der Waals surface area contributed by atoms with Crippen LogP contribution in [0.15, 0.2) is 11.1 Å². The van der Waals surface area contributed by atoms with Gasteiger partial charge in [0.25, 0.3) is 0 Å². The molecule has 10 heavy (non-hydrogen) atoms. The van der Waals surface area contributed by atoms with Gasteiger partial charge in [0.2, 0.25) is 0 Å². The number of hydrogen-bond acceptors (Lipinski definition) is 0. The zero-order chi connectivity index (χ0) is 6.62. The Morgan fingerprint density at radius 2 is 1.30 bits per heavy atom. The number of hydrogen-bond donors (Lipinski definition) is 0. The maximum Gasteiger partial charge on any atom is -0.0129 e. The second-order valence-corrected chi connectivity index (χ2v) is 4.82. The van der Waals surface area contributed by atoms with Crippen molar-refractivity contribution in [3.8, 4) is 0 Å². The van der Waals surface area contributed by atoms with Gasteiger partial charge in [-0.2, -0.15) is 0 Å². The summed E-state index contributed by atoms with van der Waals surface area (Å²) in [5, 5.41) is 0. The first-order valence-electron chi connectivity index (χ1n) is 4.49. The van der Waals surface area contributed by atoms with Gasteiger partial charge >= 0.3 is 0 Å². The van der Waals surface area contributed by atoms with Crippen molar-refractivity contribution < 1.29 is 0 Å². The molecule has 5 saturated carbocycles. The first-order chi connectivity index (χ1) is 4.82. The molecule has 0 aromatic carbocycles. The van der Waals surface area contributed by atoms with Crippen LogP contribution in [0.25, 0.3) is 0 Å². The molecule has 5 aliphatic rings. The van der Waals surface area contributed by atoms with Crippen molar-refractivity contribution in [3.05, 3.63) is 11.1 Å². The van der Waals surface area contributed by atoms with Gasteiger partial charge in [-0.3, -0.25) is 0 Å². The van der Waals surface area contributed by atoms with Crippen LogP contribution in [0.4, 0.5) is 0 Å². The van der Waals surface area contributed by atoms with E-state index in [4.69, 9.17) is 0 Å². The molecule has 52 valence electrons. The minimum atomic E-state index is 1.13. The maximum absolute atomic E-state index is 2.31. The van der Waals surface area contributed by atoms with Crippen LogP contribution in [0.3, 0.4) is 0 Å². The maximum atomic E-state index is 2.31. The Morgan fingerprint density at radius 3 is 1.50 bits per heavy atom. The van der Waals surface area contributed by atoms with Crippen molar-refractivity contribution in [3.63, 3.8) is 0 Å². The Labute approximate surface area is 61.3 Å². The highest BCUT2D eigenvalue weighted by Crippen LogP contribution is 2.94. The fourth-order valence-corrected chi connectivity index (χ4v) is 4.28. The van der Waals surface area contributed by atoms with Gasteiger partial charge in [-0.05, 0) is 49.4 Å². The molecule has 0 aromatic heterocycles. The quantitative estimate of drug-likeness (QED) is 0.443. The van der Waals surface area contributed by atoms with E-state index in [9.17, 15) is 0 Å². The van der Waals surface area contributed by atoms with E-state index in [0.29, 0.717) is 0 Å². The molecule has 0 atom stereocenters. The van der Waals surface area contributed by atoms with Gasteiger partial charge in [-0.1, -0.05) is 11.1 Å². The van der Waals surface area contributed by atoms with Crippen molar-refractivity contribution in [2.45, 2.75) is 13.8 Å². The van der Waals surface area contributed by atoms with Crippen LogP contribution in [0.1, 0.15) is 13.8 Å². The smallest absolute Gasteiger partial charge is 0.0129 e. The Kier molecular flexibility index (Phi) is 0.426. The fourth-order valence-electron chi connectivity index (χ4n) is 4.28. The summed E-state index contributed by atoms with van der Waals surface area (Å²) < 4.78 is 0. The van der Waals surface area contributed by atoms with Crippen LogP contribution in [-0.4, -0.2) is 0 Å². The standard InChI is InChI=1S/C10H12/c1-3(2)4-5-7-8(5)10-6(4)9(7)10/h5-10H,1-2H3. The van der Waals surface area contributed by atoms with Crippen LogP contribution < -0.4 is 0 Å². The summed E-state index contributed by atoms with van der Waals surface area (Å²) >= 11 is 0. The summed E-state index contributed by atoms with van der Waals surface area (Å²) in [5.41, 5.74) is 3.56. The predicted octanol–water partition coefficient (Wildman–Crippen LogP) is 2.07. The van der Waals surface area contributed by atoms with Crippen molar-refractivity contribution in [1.29, 1.82) is 0 Å². The van der Waals surface area contributed by atoms with Gasteiger partial charge in [0.05, 0.1) is 0 Å². The summed E-state index contributed by atoms with van der Waals surface area (Å²) in [6.07, 6.45) is 0. The van der Waals surface area contributed by atoms with E-state index in [2.05, 4.69) is 13.8 Å². The zero-order valence-electron chi connectivity index (χ0n) is 6.46. The SMILES string of the molecule is CC(C)=C1C2C3C2C2C1C32. The van der Waals surface area contributed by atoms with E-state index in [1.165, 1.54) is 23.7 Å². The highest BCUT2D eigenvalue weighted by Gasteiger charge is 2.90. The van der Waals surface area contributed by atoms with E-state index in [1.807, 2.05) is 5.57 Å². The van der Waals surface area contributed by atoms with Crippen LogP contribution in [0.5, 0.6) is 0 Å². The Bertz CT molecular complexity index is 224. The van der Waals surface area contributed by atoms with Crippen LogP contribution in [-0.2, 0) is 0 Å². The second-order valence-electron chi connectivity index (χ2n) is 4.82. The van der Waals surface area contributed by atoms with E-state index in [1.54, 1.807) is 5.57 Å². The third kappa shape index (κ3) is 0.223. The molecule has 0 spiro atoms. The van der Waals surface area contributed by atoms with Gasteiger partial charge in [-0.25, -0.2) is 0 Å². The van der Waals surface area contributed by atoms with Gasteiger partial charge in [0.1, 0.15) is 0 Å². The van der Waals surface area contributed by atoms with Crippen LogP contribution >= 0.6 is 0 Å². The number of rotatable bonds is 0. The van der Waals surface area contributed by atoms with Gasteiger partial charge in [-0.15, -0.1) is 0 Å². The summed E-state index contributed by atoms with van der Waals surface area (Å²) in [6, 6.07) is 0. The summed E-state index contributed by atoms with van der Waals surface area (Å²) in [4.78, 5) is 0. The van der Waals surface area contributed by atoms with Gasteiger partial charge < -0.3 is 0 Å². The lowest BCUT2D eigenvalue weighted by Crippen LogP contribution is -2.00. The summed E-state index contributed by atoms with van der Waals surface area (Å²) in [5.74, 6) is 7.15. The third-order valence-corrected chi connectivity index (χ3v) is 4.45. The topological polar surface area (TPSA) is 0 Å². The Hall–Kier alpha value is -0.260. The molecule has 0 heterocycles. The van der Waals surface area contributed by atoms with E-state index in [-0.39, 0.29) is 0 Å². The molecule has 5 rings (SSSR count). The lowest BCUT2D eigenvalue weighted by molar-refractivity contribution is 0.434. The van der Waals surface area contributed by atoms with Crippen molar-refractivity contribution in [2.24, 2.45) is 35.5 Å². The molecule has 0 heteroatoms. The lowest BCUT2D eigenvalue weighted by atomic mass is 10.0. The van der Waals surface area contributed by atoms with Crippen molar-refractivity contribution in [1.82, 2.24) is 0 Å². The molecule has 0 amide bonds. The molecule has 5 aliphatic carbocycles. The molecule has 0 aromatic rings. The lowest BCUT2D eigenvalue weighted by Gasteiger charge is -2.03. The normalized spacial score (nSPS) is 70.8. The van der Waals surface area contributed by atoms with Gasteiger partial charge in [0.15, 0.2) is 0 Å². The molecule has 0 radical (unpaired) electrons. The van der Waals surface area contributed by atoms with E-state index < -0.39 is 0 Å². The second kappa shape index (κ2) is 0.929. The van der Waals surface area contributed by atoms with Crippen LogP contribution in [0, 0.1) is 35.5 Å². The highest BCUT2D eigenvalue weighted by atomic mass is 14.9. The minimum absolute atomic E-state index is 1.13. The van der Waals surface area contributed by atoms with E-state index >= 15 is 0 Å². The van der Waals surface area contributed by atoms with Crippen molar-refractivity contribution in [2.75, 3.05) is 0 Å². The zero-order valence-corrected chi connectivity index (χ0v) is 6.46. The molecular formula is C10H12. The molecule has 0 nitrogen and oxygen atoms in total. The fraction of sp³-hybridized carbons (Fsp3) is 0.800. The van der Waals surface area contributed by atoms with Crippen LogP contribution in [0.2, 0.25) is 0 Å². The Morgan fingerprint density at radius 1 is 0.900 bits per heavy atom. The largest absolute Gasteiger partial charge is 0.0766 e. The molecule has 0 N–H and O–H groups in total. The van der Waals surface area contributed by atoms with Crippen molar-refractivity contribution >= 4 is 0 Å². The van der Waals surface area contributed by atoms with Gasteiger partial charge in [0, 0.05) is 0 Å². The Balaban J connectivity index is 1.99. The molecule has 2 bridgehead atoms. The monoisotopic (exact) mass is 132 g/mol. The first kappa shape index (κ1) is 4.58. The average molecular weight is 132 g/mol.